The molecule has 1 aromatic rings. The van der Waals surface area contributed by atoms with Crippen LogP contribution in [-0.4, -0.2) is 29.4 Å². The van der Waals surface area contributed by atoms with Gasteiger partial charge in [0.05, 0.1) is 12.7 Å². The molecule has 2 rings (SSSR count). The number of hydrogen-bond acceptors (Lipinski definition) is 3. The van der Waals surface area contributed by atoms with Crippen molar-refractivity contribution in [1.82, 2.24) is 0 Å². The molecule has 0 bridgehead atoms. The number of aliphatic hydroxyl groups excluding tert-OH is 2. The van der Waals surface area contributed by atoms with E-state index in [-0.39, 0.29) is 12.7 Å². The molecule has 1 heterocycles. The van der Waals surface area contributed by atoms with E-state index in [1.165, 1.54) is 5.69 Å². The van der Waals surface area contributed by atoms with E-state index in [1.807, 2.05) is 13.0 Å². The summed E-state index contributed by atoms with van der Waals surface area (Å²) in [5, 5.41) is 18.9. The molecule has 0 radical (unpaired) electrons. The van der Waals surface area contributed by atoms with Gasteiger partial charge in [-0.15, -0.1) is 0 Å². The summed E-state index contributed by atoms with van der Waals surface area (Å²) in [5.74, 6) is 0.321. The molecule has 17 heavy (non-hydrogen) atoms. The van der Waals surface area contributed by atoms with Crippen molar-refractivity contribution in [3.05, 3.63) is 29.3 Å². The van der Waals surface area contributed by atoms with Gasteiger partial charge in [0.25, 0.3) is 0 Å². The van der Waals surface area contributed by atoms with Crippen molar-refractivity contribution in [3.63, 3.8) is 0 Å². The van der Waals surface area contributed by atoms with Crippen LogP contribution in [0.15, 0.2) is 18.2 Å². The number of anilines is 1. The highest BCUT2D eigenvalue weighted by atomic mass is 16.3. The summed E-state index contributed by atoms with van der Waals surface area (Å²) in [7, 11) is 0. The first-order valence-electron chi connectivity index (χ1n) is 6.25. The zero-order valence-electron chi connectivity index (χ0n) is 10.6. The summed E-state index contributed by atoms with van der Waals surface area (Å²) in [6.45, 7) is 6.02. The van der Waals surface area contributed by atoms with Gasteiger partial charge in [0.2, 0.25) is 0 Å². The van der Waals surface area contributed by atoms with Gasteiger partial charge in [-0.05, 0) is 42.5 Å². The second-order valence-electron chi connectivity index (χ2n) is 5.05. The summed E-state index contributed by atoms with van der Waals surface area (Å²) in [6.07, 6.45) is 0.672. The summed E-state index contributed by atoms with van der Waals surface area (Å²) in [6, 6.07) is 6.17. The average Bonchev–Trinajstić information content (AvgIpc) is 2.32. The SMILES string of the molecule is Cc1cc(N2CCC(O)C(C)C2)ccc1CO. The predicted octanol–water partition coefficient (Wildman–Crippen LogP) is 1.69. The molecule has 0 aromatic heterocycles. The number of hydrogen-bond donors (Lipinski definition) is 2. The van der Waals surface area contributed by atoms with Crippen molar-refractivity contribution >= 4 is 5.69 Å². The Kier molecular flexibility index (Phi) is 3.69. The maximum Gasteiger partial charge on any atom is 0.0684 e. The zero-order valence-corrected chi connectivity index (χ0v) is 10.6. The lowest BCUT2D eigenvalue weighted by Crippen LogP contribution is -2.41. The van der Waals surface area contributed by atoms with E-state index in [4.69, 9.17) is 5.11 Å². The topological polar surface area (TPSA) is 43.7 Å². The molecule has 3 heteroatoms. The number of aliphatic hydroxyl groups is 2. The van der Waals surface area contributed by atoms with E-state index in [0.717, 1.165) is 30.6 Å². The predicted molar refractivity (Wildman–Crippen MR) is 69.1 cm³/mol. The average molecular weight is 235 g/mol. The molecule has 94 valence electrons. The van der Waals surface area contributed by atoms with Crippen molar-refractivity contribution in [3.8, 4) is 0 Å². The van der Waals surface area contributed by atoms with E-state index in [2.05, 4.69) is 24.0 Å². The van der Waals surface area contributed by atoms with Gasteiger partial charge in [0.1, 0.15) is 0 Å². The highest BCUT2D eigenvalue weighted by Gasteiger charge is 2.24. The first kappa shape index (κ1) is 12.4. The molecule has 0 saturated carbocycles. The molecule has 0 spiro atoms. The molecule has 0 amide bonds. The summed E-state index contributed by atoms with van der Waals surface area (Å²) in [4.78, 5) is 2.31. The van der Waals surface area contributed by atoms with E-state index < -0.39 is 0 Å². The molecule has 1 fully saturated rings. The number of nitrogens with zero attached hydrogens (tertiary/aromatic N) is 1. The van der Waals surface area contributed by atoms with Crippen LogP contribution in [0.4, 0.5) is 5.69 Å². The van der Waals surface area contributed by atoms with E-state index in [1.54, 1.807) is 0 Å². The number of benzene rings is 1. The van der Waals surface area contributed by atoms with Gasteiger partial charge >= 0.3 is 0 Å². The molecule has 1 aromatic carbocycles. The second-order valence-corrected chi connectivity index (χ2v) is 5.05. The molecule has 1 saturated heterocycles. The van der Waals surface area contributed by atoms with E-state index in [0.29, 0.717) is 5.92 Å². The fraction of sp³-hybridized carbons (Fsp3) is 0.571. The van der Waals surface area contributed by atoms with Crippen molar-refractivity contribution < 1.29 is 10.2 Å². The van der Waals surface area contributed by atoms with Crippen molar-refractivity contribution in [1.29, 1.82) is 0 Å². The fourth-order valence-electron chi connectivity index (χ4n) is 2.42. The van der Waals surface area contributed by atoms with Gasteiger partial charge in [-0.25, -0.2) is 0 Å². The van der Waals surface area contributed by atoms with Crippen LogP contribution in [0, 0.1) is 12.8 Å². The molecule has 1 aliphatic heterocycles. The molecular weight excluding hydrogens is 214 g/mol. The maximum atomic E-state index is 9.72. The Morgan fingerprint density at radius 3 is 2.76 bits per heavy atom. The van der Waals surface area contributed by atoms with Gasteiger partial charge in [-0.3, -0.25) is 0 Å². The van der Waals surface area contributed by atoms with Crippen LogP contribution >= 0.6 is 0 Å². The van der Waals surface area contributed by atoms with Gasteiger partial charge in [0, 0.05) is 18.8 Å². The molecule has 2 unspecified atom stereocenters. The third-order valence-electron chi connectivity index (χ3n) is 3.72. The Labute approximate surface area is 103 Å². The summed E-state index contributed by atoms with van der Waals surface area (Å²) < 4.78 is 0. The lowest BCUT2D eigenvalue weighted by atomic mass is 9.96. The van der Waals surface area contributed by atoms with Gasteiger partial charge in [-0.1, -0.05) is 13.0 Å². The van der Waals surface area contributed by atoms with Gasteiger partial charge < -0.3 is 15.1 Å². The largest absolute Gasteiger partial charge is 0.393 e. The van der Waals surface area contributed by atoms with Crippen LogP contribution in [0.25, 0.3) is 0 Å². The third-order valence-corrected chi connectivity index (χ3v) is 3.72. The normalized spacial score (nSPS) is 25.1. The van der Waals surface area contributed by atoms with Gasteiger partial charge in [0.15, 0.2) is 0 Å². The molecule has 3 nitrogen and oxygen atoms in total. The minimum atomic E-state index is -0.163. The first-order valence-corrected chi connectivity index (χ1v) is 6.25. The highest BCUT2D eigenvalue weighted by Crippen LogP contribution is 2.25. The Balaban J connectivity index is 2.15. The molecule has 2 N–H and O–H groups in total. The quantitative estimate of drug-likeness (QED) is 0.820. The lowest BCUT2D eigenvalue weighted by molar-refractivity contribution is 0.0971. The fourth-order valence-corrected chi connectivity index (χ4v) is 2.42. The highest BCUT2D eigenvalue weighted by molar-refractivity contribution is 5.51. The van der Waals surface area contributed by atoms with Crippen LogP contribution in [0.5, 0.6) is 0 Å². The number of aryl methyl sites for hydroxylation is 1. The van der Waals surface area contributed by atoms with Crippen LogP contribution in [0.3, 0.4) is 0 Å². The first-order chi connectivity index (χ1) is 8.11. The third kappa shape index (κ3) is 2.61. The molecule has 0 aliphatic carbocycles. The number of piperidine rings is 1. The van der Waals surface area contributed by atoms with Crippen LogP contribution in [0.1, 0.15) is 24.5 Å². The number of rotatable bonds is 2. The second kappa shape index (κ2) is 5.07. The standard InChI is InChI=1S/C14H21NO2/c1-10-7-13(4-3-12(10)9-16)15-6-5-14(17)11(2)8-15/h3-4,7,11,14,16-17H,5-6,8-9H2,1-2H3. The zero-order chi connectivity index (χ0) is 12.4. The monoisotopic (exact) mass is 235 g/mol. The Hall–Kier alpha value is -1.06. The van der Waals surface area contributed by atoms with Crippen LogP contribution in [-0.2, 0) is 6.61 Å². The minimum absolute atomic E-state index is 0.0984. The Morgan fingerprint density at radius 2 is 2.18 bits per heavy atom. The van der Waals surface area contributed by atoms with Crippen molar-refractivity contribution in [2.75, 3.05) is 18.0 Å². The minimum Gasteiger partial charge on any atom is -0.393 e. The van der Waals surface area contributed by atoms with Gasteiger partial charge in [-0.2, -0.15) is 0 Å². The Morgan fingerprint density at radius 1 is 1.41 bits per heavy atom. The molecular formula is C14H21NO2. The smallest absolute Gasteiger partial charge is 0.0684 e. The van der Waals surface area contributed by atoms with Crippen molar-refractivity contribution in [2.45, 2.75) is 33.0 Å². The van der Waals surface area contributed by atoms with Crippen molar-refractivity contribution in [2.24, 2.45) is 5.92 Å². The van der Waals surface area contributed by atoms with Crippen LogP contribution in [0.2, 0.25) is 0 Å². The maximum absolute atomic E-state index is 9.72. The molecule has 2 atom stereocenters. The Bertz CT molecular complexity index is 392. The summed E-state index contributed by atoms with van der Waals surface area (Å²) >= 11 is 0. The van der Waals surface area contributed by atoms with E-state index in [9.17, 15) is 5.11 Å². The van der Waals surface area contributed by atoms with E-state index >= 15 is 0 Å². The van der Waals surface area contributed by atoms with Crippen LogP contribution < -0.4 is 4.90 Å². The molecule has 1 aliphatic rings. The lowest BCUT2D eigenvalue weighted by Gasteiger charge is -2.36. The summed E-state index contributed by atoms with van der Waals surface area (Å²) in [5.41, 5.74) is 3.31.